The van der Waals surface area contributed by atoms with Gasteiger partial charge < -0.3 is 10.1 Å². The monoisotopic (exact) mass is 297 g/mol. The summed E-state index contributed by atoms with van der Waals surface area (Å²) in [5.41, 5.74) is 1.43. The minimum Gasteiger partial charge on any atom is -0.479 e. The average Bonchev–Trinajstić information content (AvgIpc) is 2.55. The zero-order valence-electron chi connectivity index (χ0n) is 11.4. The van der Waals surface area contributed by atoms with E-state index in [2.05, 4.69) is 4.98 Å². The Balaban J connectivity index is 2.15. The summed E-state index contributed by atoms with van der Waals surface area (Å²) in [7, 11) is 0. The number of carbonyl (C=O) groups is 1. The molecule has 3 rings (SSSR count). The molecule has 5 heteroatoms. The van der Waals surface area contributed by atoms with Gasteiger partial charge >= 0.3 is 5.97 Å². The van der Waals surface area contributed by atoms with Crippen molar-refractivity contribution in [1.29, 1.82) is 0 Å². The first-order valence-corrected chi connectivity index (χ1v) is 6.65. The topological polar surface area (TPSA) is 70.2 Å². The van der Waals surface area contributed by atoms with Gasteiger partial charge in [-0.2, -0.15) is 0 Å². The minimum atomic E-state index is -2.33. The van der Waals surface area contributed by atoms with Gasteiger partial charge in [0.2, 0.25) is 6.17 Å². The van der Waals surface area contributed by atoms with Crippen molar-refractivity contribution < 1.29 is 14.3 Å². The summed E-state index contributed by atoms with van der Waals surface area (Å²) in [6.07, 6.45) is -1.21. The molecule has 3 aromatic rings. The fourth-order valence-electron chi connectivity index (χ4n) is 2.37. The molecule has 0 fully saturated rings. The van der Waals surface area contributed by atoms with Crippen molar-refractivity contribution in [3.63, 3.8) is 0 Å². The van der Waals surface area contributed by atoms with Gasteiger partial charge in [-0.05, 0) is 23.3 Å². The molecule has 1 heterocycles. The summed E-state index contributed by atoms with van der Waals surface area (Å²) in [6.45, 7) is 0. The Morgan fingerprint density at radius 3 is 2.50 bits per heavy atom. The van der Waals surface area contributed by atoms with Crippen molar-refractivity contribution in [2.24, 2.45) is 0 Å². The zero-order chi connectivity index (χ0) is 15.7. The maximum absolute atomic E-state index is 13.6. The number of fused-ring (bicyclic) bond motifs is 1. The van der Waals surface area contributed by atoms with Crippen LogP contribution in [-0.2, 0) is 4.79 Å². The predicted octanol–water partition coefficient (Wildman–Crippen LogP) is 3.29. The number of alkyl halides is 1. The molecular formula is C17H12FNO3. The van der Waals surface area contributed by atoms with Crippen LogP contribution in [0, 0.1) is 0 Å². The number of carboxylic acids is 1. The summed E-state index contributed by atoms with van der Waals surface area (Å²) in [4.78, 5) is 25.7. The molecule has 0 amide bonds. The molecule has 1 aromatic heterocycles. The summed E-state index contributed by atoms with van der Waals surface area (Å²) >= 11 is 0. The molecule has 0 saturated carbocycles. The quantitative estimate of drug-likeness (QED) is 0.779. The first-order valence-electron chi connectivity index (χ1n) is 6.65. The number of hydrogen-bond donors (Lipinski definition) is 2. The third kappa shape index (κ3) is 2.37. The second kappa shape index (κ2) is 5.44. The molecule has 22 heavy (non-hydrogen) atoms. The molecular weight excluding hydrogens is 285 g/mol. The maximum Gasteiger partial charge on any atom is 0.343 e. The lowest BCUT2D eigenvalue weighted by Crippen LogP contribution is -2.17. The number of pyridine rings is 1. The number of benzene rings is 2. The smallest absolute Gasteiger partial charge is 0.343 e. The van der Waals surface area contributed by atoms with Gasteiger partial charge in [-0.15, -0.1) is 0 Å². The van der Waals surface area contributed by atoms with Crippen LogP contribution in [0.25, 0.3) is 22.0 Å². The number of aromatic nitrogens is 1. The maximum atomic E-state index is 13.6. The van der Waals surface area contributed by atoms with E-state index in [1.165, 1.54) is 0 Å². The first-order chi connectivity index (χ1) is 10.6. The van der Waals surface area contributed by atoms with Gasteiger partial charge in [0, 0.05) is 17.1 Å². The van der Waals surface area contributed by atoms with Crippen LogP contribution in [0.3, 0.4) is 0 Å². The predicted molar refractivity (Wildman–Crippen MR) is 81.5 cm³/mol. The Kier molecular flexibility index (Phi) is 3.47. The van der Waals surface area contributed by atoms with Gasteiger partial charge in [-0.3, -0.25) is 4.79 Å². The average molecular weight is 297 g/mol. The normalized spacial score (nSPS) is 12.2. The van der Waals surface area contributed by atoms with Gasteiger partial charge in [-0.1, -0.05) is 36.4 Å². The van der Waals surface area contributed by atoms with Gasteiger partial charge in [0.05, 0.1) is 5.56 Å². The lowest BCUT2D eigenvalue weighted by atomic mass is 10.0. The number of nitrogens with one attached hydrogen (secondary N) is 1. The number of aromatic amines is 1. The highest BCUT2D eigenvalue weighted by molar-refractivity contribution is 5.85. The molecule has 2 aromatic carbocycles. The van der Waals surface area contributed by atoms with Crippen molar-refractivity contribution in [1.82, 2.24) is 4.98 Å². The van der Waals surface area contributed by atoms with Crippen molar-refractivity contribution >= 4 is 16.9 Å². The van der Waals surface area contributed by atoms with Crippen LogP contribution in [0.5, 0.6) is 0 Å². The van der Waals surface area contributed by atoms with Crippen molar-refractivity contribution in [3.05, 3.63) is 70.5 Å². The van der Waals surface area contributed by atoms with Crippen molar-refractivity contribution in [2.75, 3.05) is 0 Å². The fourth-order valence-corrected chi connectivity index (χ4v) is 2.37. The molecule has 4 nitrogen and oxygen atoms in total. The Bertz CT molecular complexity index is 903. The van der Waals surface area contributed by atoms with E-state index in [9.17, 15) is 14.0 Å². The molecule has 0 bridgehead atoms. The second-order valence-electron chi connectivity index (χ2n) is 4.90. The molecule has 1 unspecified atom stereocenters. The third-order valence-corrected chi connectivity index (χ3v) is 3.51. The zero-order valence-corrected chi connectivity index (χ0v) is 11.4. The van der Waals surface area contributed by atoms with E-state index in [1.807, 2.05) is 30.3 Å². The Labute approximate surface area is 124 Å². The number of H-pyrrole nitrogens is 1. The molecule has 1 atom stereocenters. The number of hydrogen-bond acceptors (Lipinski definition) is 2. The van der Waals surface area contributed by atoms with E-state index in [1.54, 1.807) is 18.2 Å². The summed E-state index contributed by atoms with van der Waals surface area (Å²) < 4.78 is 13.6. The Morgan fingerprint density at radius 1 is 1.09 bits per heavy atom. The van der Waals surface area contributed by atoms with Crippen LogP contribution < -0.4 is 5.43 Å². The number of carboxylic acid groups (broad SMARTS) is 1. The molecule has 0 aliphatic carbocycles. The molecule has 0 aliphatic rings. The fraction of sp³-hybridized carbons (Fsp3) is 0.0588. The van der Waals surface area contributed by atoms with Gasteiger partial charge in [0.15, 0.2) is 5.43 Å². The molecule has 0 saturated heterocycles. The van der Waals surface area contributed by atoms with E-state index in [0.29, 0.717) is 5.52 Å². The van der Waals surface area contributed by atoms with Crippen LogP contribution in [0.2, 0.25) is 0 Å². The van der Waals surface area contributed by atoms with Crippen LogP contribution in [-0.4, -0.2) is 16.1 Å². The number of halogens is 1. The Morgan fingerprint density at radius 2 is 1.82 bits per heavy atom. The minimum absolute atomic E-state index is 0.265. The number of rotatable bonds is 3. The molecule has 2 N–H and O–H groups in total. The lowest BCUT2D eigenvalue weighted by Gasteiger charge is -2.07. The second-order valence-corrected chi connectivity index (χ2v) is 4.90. The molecule has 0 spiro atoms. The first kappa shape index (κ1) is 14.0. The summed E-state index contributed by atoms with van der Waals surface area (Å²) in [5, 5.41) is 8.96. The van der Waals surface area contributed by atoms with E-state index in [4.69, 9.17) is 5.11 Å². The van der Waals surface area contributed by atoms with Crippen LogP contribution in [0.1, 0.15) is 11.7 Å². The summed E-state index contributed by atoms with van der Waals surface area (Å²) in [5.74, 6) is -1.68. The van der Waals surface area contributed by atoms with E-state index >= 15 is 0 Å². The summed E-state index contributed by atoms with van der Waals surface area (Å²) in [6, 6.07) is 14.7. The van der Waals surface area contributed by atoms with E-state index < -0.39 is 23.1 Å². The standard InChI is InChI=1S/C17H12FNO3/c18-15(17(21)22)13-9-19-14-8-11(6-7-12(14)16(13)20)10-4-2-1-3-5-10/h1-9,15H,(H,19,20)(H,21,22). The highest BCUT2D eigenvalue weighted by Gasteiger charge is 2.22. The molecule has 0 aliphatic heterocycles. The van der Waals surface area contributed by atoms with E-state index in [-0.39, 0.29) is 5.39 Å². The molecule has 0 radical (unpaired) electrons. The highest BCUT2D eigenvalue weighted by atomic mass is 19.1. The Hall–Kier alpha value is -2.95. The SMILES string of the molecule is O=C(O)C(F)c1c[nH]c2cc(-c3ccccc3)ccc2c1=O. The lowest BCUT2D eigenvalue weighted by molar-refractivity contribution is -0.143. The van der Waals surface area contributed by atoms with Crippen LogP contribution in [0.15, 0.2) is 59.5 Å². The van der Waals surface area contributed by atoms with E-state index in [0.717, 1.165) is 17.3 Å². The van der Waals surface area contributed by atoms with Crippen LogP contribution >= 0.6 is 0 Å². The van der Waals surface area contributed by atoms with Crippen LogP contribution in [0.4, 0.5) is 4.39 Å². The number of aliphatic carboxylic acids is 1. The third-order valence-electron chi connectivity index (χ3n) is 3.51. The molecule has 110 valence electrons. The van der Waals surface area contributed by atoms with Gasteiger partial charge in [0.1, 0.15) is 0 Å². The largest absolute Gasteiger partial charge is 0.479 e. The van der Waals surface area contributed by atoms with Crippen molar-refractivity contribution in [3.8, 4) is 11.1 Å². The van der Waals surface area contributed by atoms with Gasteiger partial charge in [0.25, 0.3) is 0 Å². The van der Waals surface area contributed by atoms with Gasteiger partial charge in [-0.25, -0.2) is 9.18 Å². The highest BCUT2D eigenvalue weighted by Crippen LogP contribution is 2.23. The van der Waals surface area contributed by atoms with Crippen molar-refractivity contribution in [2.45, 2.75) is 6.17 Å².